The van der Waals surface area contributed by atoms with Crippen LogP contribution in [0.25, 0.3) is 0 Å². The topological polar surface area (TPSA) is 20.2 Å². The van der Waals surface area contributed by atoms with Gasteiger partial charge in [-0.05, 0) is 60.8 Å². The van der Waals surface area contributed by atoms with Gasteiger partial charge in [-0.15, -0.1) is 0 Å². The summed E-state index contributed by atoms with van der Waals surface area (Å²) >= 11 is 0. The van der Waals surface area contributed by atoms with Crippen molar-refractivity contribution in [1.82, 2.24) is 0 Å². The van der Waals surface area contributed by atoms with Gasteiger partial charge in [0.25, 0.3) is 0 Å². The highest BCUT2D eigenvalue weighted by molar-refractivity contribution is 5.22. The molecule has 0 amide bonds. The summed E-state index contributed by atoms with van der Waals surface area (Å²) in [4.78, 5) is 0. The average Bonchev–Trinajstić information content (AvgIpc) is 2.50. The molecule has 3 atom stereocenters. The van der Waals surface area contributed by atoms with Gasteiger partial charge in [-0.2, -0.15) is 0 Å². The lowest BCUT2D eigenvalue weighted by Crippen LogP contribution is -2.29. The normalized spacial score (nSPS) is 25.7. The largest absolute Gasteiger partial charge is 0.393 e. The fourth-order valence-corrected chi connectivity index (χ4v) is 3.46. The lowest BCUT2D eigenvalue weighted by Gasteiger charge is -2.33. The Balaban J connectivity index is 1.72. The van der Waals surface area contributed by atoms with Gasteiger partial charge in [-0.1, -0.05) is 42.5 Å². The fourth-order valence-electron chi connectivity index (χ4n) is 3.46. The summed E-state index contributed by atoms with van der Waals surface area (Å²) in [5.41, 5.74) is 2.33. The average molecular weight is 284 g/mol. The molecule has 2 aromatic carbocycles. The van der Waals surface area contributed by atoms with Crippen LogP contribution < -0.4 is 0 Å². The minimum Gasteiger partial charge on any atom is -0.393 e. The zero-order chi connectivity index (χ0) is 14.7. The smallest absolute Gasteiger partial charge is 0.123 e. The molecule has 3 unspecified atom stereocenters. The minimum absolute atomic E-state index is 0.197. The van der Waals surface area contributed by atoms with Crippen LogP contribution in [0.3, 0.4) is 0 Å². The van der Waals surface area contributed by atoms with Gasteiger partial charge in [0, 0.05) is 0 Å². The molecule has 2 heteroatoms. The molecule has 1 nitrogen and oxygen atoms in total. The number of aliphatic hydroxyl groups excluding tert-OH is 1. The molecule has 1 fully saturated rings. The molecule has 0 aromatic heterocycles. The zero-order valence-electron chi connectivity index (χ0n) is 12.1. The van der Waals surface area contributed by atoms with E-state index in [-0.39, 0.29) is 17.8 Å². The maximum atomic E-state index is 13.3. The van der Waals surface area contributed by atoms with Crippen molar-refractivity contribution in [2.45, 2.75) is 37.7 Å². The number of halogens is 1. The van der Waals surface area contributed by atoms with E-state index in [1.165, 1.54) is 11.6 Å². The summed E-state index contributed by atoms with van der Waals surface area (Å²) in [6.45, 7) is 0. The maximum Gasteiger partial charge on any atom is 0.123 e. The van der Waals surface area contributed by atoms with E-state index in [0.717, 1.165) is 31.2 Å². The Hall–Kier alpha value is -1.67. The van der Waals surface area contributed by atoms with E-state index in [1.807, 2.05) is 12.1 Å². The van der Waals surface area contributed by atoms with Crippen molar-refractivity contribution < 1.29 is 9.50 Å². The molecule has 1 aliphatic rings. The van der Waals surface area contributed by atoms with Gasteiger partial charge in [-0.3, -0.25) is 0 Å². The predicted molar refractivity (Wildman–Crippen MR) is 82.6 cm³/mol. The van der Waals surface area contributed by atoms with E-state index in [1.54, 1.807) is 12.1 Å². The second kappa shape index (κ2) is 6.40. The maximum absolute atomic E-state index is 13.3. The van der Waals surface area contributed by atoms with Gasteiger partial charge in [0.15, 0.2) is 0 Å². The van der Waals surface area contributed by atoms with Crippen molar-refractivity contribution >= 4 is 0 Å². The molecule has 1 N–H and O–H groups in total. The van der Waals surface area contributed by atoms with Crippen molar-refractivity contribution in [3.8, 4) is 0 Å². The highest BCUT2D eigenvalue weighted by Gasteiger charge is 2.29. The number of rotatable bonds is 3. The first-order valence-corrected chi connectivity index (χ1v) is 7.70. The van der Waals surface area contributed by atoms with Crippen LogP contribution in [0.4, 0.5) is 4.39 Å². The summed E-state index contributed by atoms with van der Waals surface area (Å²) in [5.74, 6) is 0.524. The second-order valence-electron chi connectivity index (χ2n) is 6.08. The summed E-state index contributed by atoms with van der Waals surface area (Å²) in [5, 5.41) is 10.3. The van der Waals surface area contributed by atoms with Crippen molar-refractivity contribution in [2.75, 3.05) is 0 Å². The molecular formula is C19H21FO. The molecule has 0 heterocycles. The van der Waals surface area contributed by atoms with Crippen LogP contribution in [-0.2, 0) is 6.42 Å². The lowest BCUT2D eigenvalue weighted by atomic mass is 9.74. The number of hydrogen-bond donors (Lipinski definition) is 1. The molecule has 2 aromatic rings. The van der Waals surface area contributed by atoms with E-state index in [0.29, 0.717) is 5.92 Å². The number of aliphatic hydroxyl groups is 1. The Kier molecular flexibility index (Phi) is 4.35. The third kappa shape index (κ3) is 3.51. The van der Waals surface area contributed by atoms with E-state index < -0.39 is 0 Å². The molecule has 110 valence electrons. The summed E-state index contributed by atoms with van der Waals surface area (Å²) in [6.07, 6.45) is 3.32. The number of hydrogen-bond acceptors (Lipinski definition) is 1. The molecule has 1 aliphatic carbocycles. The van der Waals surface area contributed by atoms with Gasteiger partial charge >= 0.3 is 0 Å². The van der Waals surface area contributed by atoms with Crippen molar-refractivity contribution in [3.05, 3.63) is 71.5 Å². The molecule has 21 heavy (non-hydrogen) atoms. The van der Waals surface area contributed by atoms with Gasteiger partial charge in [0.2, 0.25) is 0 Å². The van der Waals surface area contributed by atoms with E-state index in [2.05, 4.69) is 24.3 Å². The highest BCUT2D eigenvalue weighted by Crippen LogP contribution is 2.37. The quantitative estimate of drug-likeness (QED) is 0.890. The zero-order valence-corrected chi connectivity index (χ0v) is 12.1. The van der Waals surface area contributed by atoms with Gasteiger partial charge in [-0.25, -0.2) is 4.39 Å². The molecule has 0 spiro atoms. The minimum atomic E-state index is -0.270. The predicted octanol–water partition coefficient (Wildman–Crippen LogP) is 4.31. The Morgan fingerprint density at radius 1 is 1.00 bits per heavy atom. The second-order valence-corrected chi connectivity index (χ2v) is 6.08. The summed E-state index contributed by atoms with van der Waals surface area (Å²) in [6, 6.07) is 17.3. The summed E-state index contributed by atoms with van der Waals surface area (Å²) in [7, 11) is 0. The molecule has 1 saturated carbocycles. The van der Waals surface area contributed by atoms with Crippen LogP contribution in [0.5, 0.6) is 0 Å². The van der Waals surface area contributed by atoms with Gasteiger partial charge in [0.1, 0.15) is 5.82 Å². The Labute approximate surface area is 125 Å². The summed E-state index contributed by atoms with van der Waals surface area (Å²) < 4.78 is 13.3. The van der Waals surface area contributed by atoms with E-state index >= 15 is 0 Å². The molecule has 0 radical (unpaired) electrons. The van der Waals surface area contributed by atoms with Crippen LogP contribution in [0.2, 0.25) is 0 Å². The highest BCUT2D eigenvalue weighted by atomic mass is 19.1. The van der Waals surface area contributed by atoms with Crippen LogP contribution in [0.1, 0.15) is 36.3 Å². The Bertz CT molecular complexity index is 581. The Morgan fingerprint density at radius 3 is 2.57 bits per heavy atom. The van der Waals surface area contributed by atoms with Gasteiger partial charge in [0.05, 0.1) is 6.10 Å². The Morgan fingerprint density at radius 2 is 1.81 bits per heavy atom. The molecule has 0 aliphatic heterocycles. The van der Waals surface area contributed by atoms with Crippen LogP contribution in [0, 0.1) is 11.7 Å². The van der Waals surface area contributed by atoms with Crippen LogP contribution in [0.15, 0.2) is 54.6 Å². The number of benzene rings is 2. The monoisotopic (exact) mass is 284 g/mol. The first-order chi connectivity index (χ1) is 10.2. The standard InChI is InChI=1S/C19H21FO/c20-18-8-4-5-14(12-18)11-17-13-16(9-10-19(17)21)15-6-2-1-3-7-15/h1-8,12,16-17,19,21H,9-11,13H2. The lowest BCUT2D eigenvalue weighted by molar-refractivity contribution is 0.0619. The van der Waals surface area contributed by atoms with E-state index in [4.69, 9.17) is 0 Å². The molecule has 0 saturated heterocycles. The fraction of sp³-hybridized carbons (Fsp3) is 0.368. The third-order valence-electron chi connectivity index (χ3n) is 4.60. The third-order valence-corrected chi connectivity index (χ3v) is 4.60. The molecule has 3 rings (SSSR count). The van der Waals surface area contributed by atoms with Crippen molar-refractivity contribution in [2.24, 2.45) is 5.92 Å². The molecular weight excluding hydrogens is 263 g/mol. The van der Waals surface area contributed by atoms with Gasteiger partial charge < -0.3 is 5.11 Å². The van der Waals surface area contributed by atoms with Crippen LogP contribution in [-0.4, -0.2) is 11.2 Å². The SMILES string of the molecule is OC1CCC(c2ccccc2)CC1Cc1cccc(F)c1. The first-order valence-electron chi connectivity index (χ1n) is 7.70. The van der Waals surface area contributed by atoms with Crippen LogP contribution >= 0.6 is 0 Å². The van der Waals surface area contributed by atoms with E-state index in [9.17, 15) is 9.50 Å². The molecule has 0 bridgehead atoms. The first kappa shape index (κ1) is 14.3. The van der Waals surface area contributed by atoms with Crippen molar-refractivity contribution in [3.63, 3.8) is 0 Å². The van der Waals surface area contributed by atoms with Crippen molar-refractivity contribution in [1.29, 1.82) is 0 Å².